The molecule has 2 rings (SSSR count). The van der Waals surface area contributed by atoms with Crippen molar-refractivity contribution in [2.45, 2.75) is 11.6 Å². The molecule has 0 saturated carbocycles. The number of halogens is 3. The van der Waals surface area contributed by atoms with Gasteiger partial charge in [-0.2, -0.15) is 8.42 Å². The molecule has 0 aliphatic rings. The van der Waals surface area contributed by atoms with Crippen LogP contribution < -0.4 is 10.5 Å². The van der Waals surface area contributed by atoms with Gasteiger partial charge in [0.15, 0.2) is 16.7 Å². The third-order valence-electron chi connectivity index (χ3n) is 2.55. The van der Waals surface area contributed by atoms with Crippen LogP contribution in [0, 0.1) is 17.5 Å². The zero-order valence-electron chi connectivity index (χ0n) is 10.5. The lowest BCUT2D eigenvalue weighted by Crippen LogP contribution is -2.16. The van der Waals surface area contributed by atoms with Crippen LogP contribution in [0.4, 0.5) is 18.9 Å². The summed E-state index contributed by atoms with van der Waals surface area (Å²) in [6.07, 6.45) is 1.23. The van der Waals surface area contributed by atoms with Gasteiger partial charge in [-0.1, -0.05) is 6.07 Å². The highest BCUT2D eigenvalue weighted by Crippen LogP contribution is 2.22. The summed E-state index contributed by atoms with van der Waals surface area (Å²) in [5, 5.41) is -0.427. The van der Waals surface area contributed by atoms with Gasteiger partial charge in [-0.05, 0) is 11.6 Å². The van der Waals surface area contributed by atoms with E-state index in [4.69, 9.17) is 5.73 Å². The fraction of sp³-hybridized carbons (Fsp3) is 0.0833. The summed E-state index contributed by atoms with van der Waals surface area (Å²) in [4.78, 5) is 3.65. The van der Waals surface area contributed by atoms with Crippen LogP contribution in [0.5, 0.6) is 0 Å². The zero-order valence-corrected chi connectivity index (χ0v) is 11.3. The second-order valence-corrected chi connectivity index (χ2v) is 5.69. The predicted octanol–water partition coefficient (Wildman–Crippen LogP) is 1.76. The third-order valence-corrected chi connectivity index (χ3v) is 3.83. The van der Waals surface area contributed by atoms with Crippen LogP contribution in [0.15, 0.2) is 35.5 Å². The summed E-state index contributed by atoms with van der Waals surface area (Å²) in [5.41, 5.74) is 5.11. The second-order valence-electron chi connectivity index (χ2n) is 4.06. The first kappa shape index (κ1) is 15.3. The molecule has 0 aliphatic carbocycles. The second kappa shape index (κ2) is 5.70. The Kier molecular flexibility index (Phi) is 4.14. The van der Waals surface area contributed by atoms with Crippen molar-refractivity contribution < 1.29 is 21.6 Å². The van der Waals surface area contributed by atoms with Crippen molar-refractivity contribution in [1.29, 1.82) is 0 Å². The Morgan fingerprint density at radius 3 is 2.48 bits per heavy atom. The van der Waals surface area contributed by atoms with Crippen molar-refractivity contribution in [3.8, 4) is 0 Å². The van der Waals surface area contributed by atoms with Crippen molar-refractivity contribution >= 4 is 15.7 Å². The Bertz CT molecular complexity index is 764. The summed E-state index contributed by atoms with van der Waals surface area (Å²) in [7, 11) is -4.27. The summed E-state index contributed by atoms with van der Waals surface area (Å²) >= 11 is 0. The molecule has 112 valence electrons. The van der Waals surface area contributed by atoms with Gasteiger partial charge in [0.2, 0.25) is 0 Å². The van der Waals surface area contributed by atoms with Crippen LogP contribution in [0.1, 0.15) is 5.56 Å². The van der Waals surface area contributed by atoms with Gasteiger partial charge in [-0.3, -0.25) is 4.72 Å². The van der Waals surface area contributed by atoms with Gasteiger partial charge in [0.25, 0.3) is 10.0 Å². The number of hydrogen-bond acceptors (Lipinski definition) is 4. The summed E-state index contributed by atoms with van der Waals surface area (Å²) in [5.74, 6) is -4.12. The monoisotopic (exact) mass is 317 g/mol. The lowest BCUT2D eigenvalue weighted by Gasteiger charge is -2.09. The van der Waals surface area contributed by atoms with Gasteiger partial charge in [-0.15, -0.1) is 0 Å². The van der Waals surface area contributed by atoms with Crippen molar-refractivity contribution in [3.63, 3.8) is 0 Å². The van der Waals surface area contributed by atoms with E-state index in [2.05, 4.69) is 4.98 Å². The predicted molar refractivity (Wildman–Crippen MR) is 69.3 cm³/mol. The molecule has 0 saturated heterocycles. The first-order valence-corrected chi connectivity index (χ1v) is 7.14. The maximum Gasteiger partial charge on any atom is 0.279 e. The molecule has 9 heteroatoms. The highest BCUT2D eigenvalue weighted by atomic mass is 32.2. The number of nitrogens with zero attached hydrogens (tertiary/aromatic N) is 1. The molecule has 0 unspecified atom stereocenters. The molecule has 0 bridgehead atoms. The van der Waals surface area contributed by atoms with E-state index in [9.17, 15) is 21.6 Å². The highest BCUT2D eigenvalue weighted by Gasteiger charge is 2.20. The Morgan fingerprint density at radius 2 is 1.90 bits per heavy atom. The third kappa shape index (κ3) is 3.31. The van der Waals surface area contributed by atoms with Gasteiger partial charge in [-0.25, -0.2) is 18.2 Å². The van der Waals surface area contributed by atoms with Gasteiger partial charge in [0, 0.05) is 24.9 Å². The lowest BCUT2D eigenvalue weighted by atomic mass is 10.3. The van der Waals surface area contributed by atoms with E-state index in [0.29, 0.717) is 17.7 Å². The SMILES string of the molecule is NCc1ccc(S(=O)(=O)Nc2cc(F)cc(F)c2F)nc1. The molecular weight excluding hydrogens is 307 g/mol. The molecule has 1 aromatic heterocycles. The van der Waals surface area contributed by atoms with E-state index in [1.54, 1.807) is 4.72 Å². The Morgan fingerprint density at radius 1 is 1.19 bits per heavy atom. The molecule has 0 spiro atoms. The van der Waals surface area contributed by atoms with Gasteiger partial charge < -0.3 is 5.73 Å². The zero-order chi connectivity index (χ0) is 15.6. The average Bonchev–Trinajstić information content (AvgIpc) is 2.44. The molecule has 5 nitrogen and oxygen atoms in total. The molecule has 0 amide bonds. The fourth-order valence-electron chi connectivity index (χ4n) is 1.52. The van der Waals surface area contributed by atoms with Crippen LogP contribution >= 0.6 is 0 Å². The van der Waals surface area contributed by atoms with E-state index >= 15 is 0 Å². The summed E-state index contributed by atoms with van der Waals surface area (Å²) < 4.78 is 65.2. The Balaban J connectivity index is 2.37. The van der Waals surface area contributed by atoms with Gasteiger partial charge >= 0.3 is 0 Å². The minimum Gasteiger partial charge on any atom is -0.326 e. The summed E-state index contributed by atoms with van der Waals surface area (Å²) in [6, 6.07) is 3.41. The van der Waals surface area contributed by atoms with Crippen LogP contribution in [0.2, 0.25) is 0 Å². The molecule has 2 aromatic rings. The van der Waals surface area contributed by atoms with E-state index in [-0.39, 0.29) is 6.54 Å². The smallest absolute Gasteiger partial charge is 0.279 e. The maximum absolute atomic E-state index is 13.4. The van der Waals surface area contributed by atoms with Crippen molar-refractivity contribution in [2.75, 3.05) is 4.72 Å². The lowest BCUT2D eigenvalue weighted by molar-refractivity contribution is 0.498. The van der Waals surface area contributed by atoms with Crippen molar-refractivity contribution in [1.82, 2.24) is 4.98 Å². The number of benzene rings is 1. The number of anilines is 1. The first-order valence-electron chi connectivity index (χ1n) is 5.66. The molecule has 21 heavy (non-hydrogen) atoms. The first-order chi connectivity index (χ1) is 9.83. The number of rotatable bonds is 4. The van der Waals surface area contributed by atoms with E-state index < -0.39 is 38.2 Å². The van der Waals surface area contributed by atoms with E-state index in [0.717, 1.165) is 6.07 Å². The summed E-state index contributed by atoms with van der Waals surface area (Å²) in [6.45, 7) is 0.171. The largest absolute Gasteiger partial charge is 0.326 e. The van der Waals surface area contributed by atoms with E-state index in [1.807, 2.05) is 0 Å². The number of nitrogens with two attached hydrogens (primary N) is 1. The average molecular weight is 317 g/mol. The van der Waals surface area contributed by atoms with E-state index in [1.165, 1.54) is 12.3 Å². The molecular formula is C12H10F3N3O2S. The molecule has 0 atom stereocenters. The Hall–Kier alpha value is -2.13. The van der Waals surface area contributed by atoms with Crippen molar-refractivity contribution in [3.05, 3.63) is 53.5 Å². The number of hydrogen-bond donors (Lipinski definition) is 2. The minimum absolute atomic E-state index is 0.171. The fourth-order valence-corrected chi connectivity index (χ4v) is 2.50. The quantitative estimate of drug-likeness (QED) is 0.842. The number of aromatic nitrogens is 1. The van der Waals surface area contributed by atoms with Crippen LogP contribution in [0.3, 0.4) is 0 Å². The maximum atomic E-state index is 13.4. The van der Waals surface area contributed by atoms with Gasteiger partial charge in [0.05, 0.1) is 5.69 Å². The molecule has 1 aromatic carbocycles. The van der Waals surface area contributed by atoms with Crippen LogP contribution in [0.25, 0.3) is 0 Å². The number of nitrogens with one attached hydrogen (secondary N) is 1. The van der Waals surface area contributed by atoms with Crippen LogP contribution in [-0.4, -0.2) is 13.4 Å². The number of pyridine rings is 1. The molecule has 0 aliphatic heterocycles. The molecule has 1 heterocycles. The number of sulfonamides is 1. The standard InChI is InChI=1S/C12H10F3N3O2S/c13-8-3-9(14)12(15)10(4-8)18-21(19,20)11-2-1-7(5-16)6-17-11/h1-4,6,18H,5,16H2. The Labute approximate surface area is 118 Å². The molecule has 0 fully saturated rings. The molecule has 3 N–H and O–H groups in total. The topological polar surface area (TPSA) is 85.1 Å². The highest BCUT2D eigenvalue weighted by molar-refractivity contribution is 7.92. The minimum atomic E-state index is -4.27. The molecule has 0 radical (unpaired) electrons. The normalized spacial score (nSPS) is 11.4. The van der Waals surface area contributed by atoms with Crippen LogP contribution in [-0.2, 0) is 16.6 Å². The van der Waals surface area contributed by atoms with Crippen molar-refractivity contribution in [2.24, 2.45) is 5.73 Å². The van der Waals surface area contributed by atoms with Gasteiger partial charge in [0.1, 0.15) is 5.82 Å².